The lowest BCUT2D eigenvalue weighted by atomic mass is 10.1. The first-order chi connectivity index (χ1) is 5.07. The van der Waals surface area contributed by atoms with Crippen LogP contribution in [0.1, 0.15) is 12.8 Å². The van der Waals surface area contributed by atoms with Crippen LogP contribution in [0.25, 0.3) is 0 Å². The number of hydrogen-bond donors (Lipinski definition) is 3. The molecule has 1 amide bonds. The molecule has 0 heterocycles. The summed E-state index contributed by atoms with van der Waals surface area (Å²) in [6.07, 6.45) is 0.192. The summed E-state index contributed by atoms with van der Waals surface area (Å²) in [5, 5.41) is 0. The number of ketones is 1. The van der Waals surface area contributed by atoms with E-state index in [-0.39, 0.29) is 18.6 Å². The maximum atomic E-state index is 10.9. The molecule has 0 saturated heterocycles. The molecule has 11 heavy (non-hydrogen) atoms. The lowest BCUT2D eigenvalue weighted by molar-refractivity contribution is -0.124. The molecule has 0 saturated carbocycles. The van der Waals surface area contributed by atoms with Crippen molar-refractivity contribution in [1.82, 2.24) is 0 Å². The molecule has 0 rings (SSSR count). The molecule has 0 aromatic heterocycles. The van der Waals surface area contributed by atoms with Crippen molar-refractivity contribution in [2.45, 2.75) is 18.9 Å². The molecule has 0 unspecified atom stereocenters. The minimum absolute atomic E-state index is 0.0698. The molecule has 64 valence electrons. The molecule has 0 aromatic carbocycles. The maximum Gasteiger partial charge on any atom is 0.217 e. The zero-order chi connectivity index (χ0) is 8.85. The Labute approximate surface area is 70.7 Å². The molecular weight excluding hydrogens is 164 g/mol. The molecule has 0 aromatic rings. The van der Waals surface area contributed by atoms with Crippen molar-refractivity contribution in [2.24, 2.45) is 11.5 Å². The summed E-state index contributed by atoms with van der Waals surface area (Å²) in [4.78, 5) is 21.1. The van der Waals surface area contributed by atoms with E-state index in [0.717, 1.165) is 0 Å². The Morgan fingerprint density at radius 1 is 1.36 bits per heavy atom. The van der Waals surface area contributed by atoms with Crippen molar-refractivity contribution >= 4 is 24.3 Å². The first-order valence-electron chi connectivity index (χ1n) is 3.25. The zero-order valence-electron chi connectivity index (χ0n) is 6.12. The van der Waals surface area contributed by atoms with E-state index in [2.05, 4.69) is 12.6 Å². The van der Waals surface area contributed by atoms with Crippen LogP contribution in [0, 0.1) is 0 Å². The van der Waals surface area contributed by atoms with Crippen molar-refractivity contribution < 1.29 is 9.59 Å². The normalized spacial score (nSPS) is 12.5. The molecular formula is C6H12N2O2S. The van der Waals surface area contributed by atoms with E-state index in [1.807, 2.05) is 0 Å². The smallest absolute Gasteiger partial charge is 0.217 e. The number of nitrogens with two attached hydrogens (primary N) is 2. The van der Waals surface area contributed by atoms with E-state index in [9.17, 15) is 9.59 Å². The van der Waals surface area contributed by atoms with Gasteiger partial charge in [0.1, 0.15) is 0 Å². The van der Waals surface area contributed by atoms with Crippen molar-refractivity contribution in [3.8, 4) is 0 Å². The fourth-order valence-corrected chi connectivity index (χ4v) is 0.737. The number of thiol groups is 1. The number of hydrogen-bond acceptors (Lipinski definition) is 4. The predicted octanol–water partition coefficient (Wildman–Crippen LogP) is -0.922. The Hall–Kier alpha value is -0.550. The number of primary amides is 1. The average molecular weight is 176 g/mol. The molecule has 0 aliphatic rings. The van der Waals surface area contributed by atoms with Gasteiger partial charge in [-0.3, -0.25) is 9.59 Å². The van der Waals surface area contributed by atoms with Gasteiger partial charge in [-0.25, -0.2) is 0 Å². The predicted molar refractivity (Wildman–Crippen MR) is 45.3 cm³/mol. The number of carbonyl (C=O) groups excluding carboxylic acids is 2. The Morgan fingerprint density at radius 2 is 1.91 bits per heavy atom. The van der Waals surface area contributed by atoms with Gasteiger partial charge in [-0.1, -0.05) is 0 Å². The summed E-state index contributed by atoms with van der Waals surface area (Å²) in [7, 11) is 0. The van der Waals surface area contributed by atoms with Gasteiger partial charge in [-0.15, -0.1) is 0 Å². The minimum Gasteiger partial charge on any atom is -0.370 e. The van der Waals surface area contributed by atoms with Crippen LogP contribution in [-0.4, -0.2) is 23.5 Å². The summed E-state index contributed by atoms with van der Waals surface area (Å²) < 4.78 is 0. The Bertz CT molecular complexity index is 161. The van der Waals surface area contributed by atoms with Gasteiger partial charge in [0.2, 0.25) is 5.91 Å². The second-order valence-corrected chi connectivity index (χ2v) is 2.59. The van der Waals surface area contributed by atoms with Crippen LogP contribution in [0.4, 0.5) is 0 Å². The molecule has 0 fully saturated rings. The van der Waals surface area contributed by atoms with E-state index in [0.29, 0.717) is 5.75 Å². The van der Waals surface area contributed by atoms with Gasteiger partial charge in [0.05, 0.1) is 6.04 Å². The summed E-state index contributed by atoms with van der Waals surface area (Å²) >= 11 is 3.84. The maximum absolute atomic E-state index is 10.9. The fraction of sp³-hybridized carbons (Fsp3) is 0.667. The van der Waals surface area contributed by atoms with Crippen LogP contribution >= 0.6 is 12.6 Å². The van der Waals surface area contributed by atoms with E-state index in [1.54, 1.807) is 0 Å². The zero-order valence-corrected chi connectivity index (χ0v) is 7.01. The number of rotatable bonds is 5. The second kappa shape index (κ2) is 5.15. The molecule has 4 N–H and O–H groups in total. The van der Waals surface area contributed by atoms with Gasteiger partial charge >= 0.3 is 0 Å². The molecule has 5 heteroatoms. The summed E-state index contributed by atoms with van der Waals surface area (Å²) in [5.74, 6) is -0.346. The number of carbonyl (C=O) groups is 2. The second-order valence-electron chi connectivity index (χ2n) is 2.22. The molecule has 0 aliphatic heterocycles. The Morgan fingerprint density at radius 3 is 2.27 bits per heavy atom. The van der Waals surface area contributed by atoms with Gasteiger partial charge in [-0.2, -0.15) is 12.6 Å². The van der Waals surface area contributed by atoms with Crippen molar-refractivity contribution in [2.75, 3.05) is 5.75 Å². The van der Waals surface area contributed by atoms with Crippen molar-refractivity contribution in [3.63, 3.8) is 0 Å². The van der Waals surface area contributed by atoms with Gasteiger partial charge < -0.3 is 11.5 Å². The molecule has 1 atom stereocenters. The summed E-state index contributed by atoms with van der Waals surface area (Å²) in [5.41, 5.74) is 10.2. The number of Topliss-reactive ketones (excluding diaryl/α,β-unsaturated/α-hetero) is 1. The van der Waals surface area contributed by atoms with E-state index in [4.69, 9.17) is 11.5 Å². The standard InChI is InChI=1S/C6H12N2O2S/c7-4(3-11)5(9)1-2-6(8)10/h4,11H,1-3,7H2,(H2,8,10)/t4-/m0/s1. The van der Waals surface area contributed by atoms with Gasteiger partial charge in [-0.05, 0) is 0 Å². The van der Waals surface area contributed by atoms with E-state index in [1.165, 1.54) is 0 Å². The van der Waals surface area contributed by atoms with Crippen LogP contribution in [0.3, 0.4) is 0 Å². The molecule has 0 radical (unpaired) electrons. The monoisotopic (exact) mass is 176 g/mol. The lowest BCUT2D eigenvalue weighted by Crippen LogP contribution is -2.32. The van der Waals surface area contributed by atoms with Crippen LogP contribution in [0.2, 0.25) is 0 Å². The third kappa shape index (κ3) is 4.80. The molecule has 0 aliphatic carbocycles. The van der Waals surface area contributed by atoms with Crippen LogP contribution in [0.5, 0.6) is 0 Å². The molecule has 0 spiro atoms. The minimum atomic E-state index is -0.572. The third-order valence-corrected chi connectivity index (χ3v) is 1.62. The van der Waals surface area contributed by atoms with Gasteiger partial charge in [0, 0.05) is 18.6 Å². The highest BCUT2D eigenvalue weighted by atomic mass is 32.1. The largest absolute Gasteiger partial charge is 0.370 e. The van der Waals surface area contributed by atoms with Crippen LogP contribution in [0.15, 0.2) is 0 Å². The van der Waals surface area contributed by atoms with E-state index >= 15 is 0 Å². The van der Waals surface area contributed by atoms with Crippen molar-refractivity contribution in [3.05, 3.63) is 0 Å². The SMILES string of the molecule is NC(=O)CCC(=O)[C@@H](N)CS. The first kappa shape index (κ1) is 10.4. The highest BCUT2D eigenvalue weighted by molar-refractivity contribution is 7.80. The molecule has 4 nitrogen and oxygen atoms in total. The fourth-order valence-electron chi connectivity index (χ4n) is 0.534. The topological polar surface area (TPSA) is 86.2 Å². The highest BCUT2D eigenvalue weighted by Crippen LogP contribution is 1.95. The molecule has 0 bridgehead atoms. The summed E-state index contributed by atoms with van der Waals surface area (Å²) in [6.45, 7) is 0. The van der Waals surface area contributed by atoms with E-state index < -0.39 is 11.9 Å². The highest BCUT2D eigenvalue weighted by Gasteiger charge is 2.11. The quantitative estimate of drug-likeness (QED) is 0.473. The Kier molecular flexibility index (Phi) is 4.89. The average Bonchev–Trinajstić information content (AvgIpc) is 1.98. The first-order valence-corrected chi connectivity index (χ1v) is 3.88. The number of amides is 1. The summed E-state index contributed by atoms with van der Waals surface area (Å²) in [6, 6.07) is -0.572. The van der Waals surface area contributed by atoms with Gasteiger partial charge in [0.15, 0.2) is 5.78 Å². The lowest BCUT2D eigenvalue weighted by Gasteiger charge is -2.04. The van der Waals surface area contributed by atoms with Gasteiger partial charge in [0.25, 0.3) is 0 Å². The Balaban J connectivity index is 3.60. The van der Waals surface area contributed by atoms with Crippen molar-refractivity contribution in [1.29, 1.82) is 0 Å². The van der Waals surface area contributed by atoms with Crippen LogP contribution < -0.4 is 11.5 Å². The third-order valence-electron chi connectivity index (χ3n) is 1.23. The van der Waals surface area contributed by atoms with Crippen LogP contribution in [-0.2, 0) is 9.59 Å².